The van der Waals surface area contributed by atoms with Gasteiger partial charge < -0.3 is 10.3 Å². The van der Waals surface area contributed by atoms with E-state index >= 15 is 0 Å². The summed E-state index contributed by atoms with van der Waals surface area (Å²) in [5.41, 5.74) is 6.80. The molecule has 0 aliphatic heterocycles. The molecule has 0 amide bonds. The maximum Gasteiger partial charge on any atom is 0.181 e. The second kappa shape index (κ2) is 6.86. The van der Waals surface area contributed by atoms with E-state index in [1.165, 1.54) is 0 Å². The minimum Gasteiger partial charge on any atom is -0.353 e. The number of fused-ring (bicyclic) bond motifs is 2. The fourth-order valence-electron chi connectivity index (χ4n) is 3.38. The highest BCUT2D eigenvalue weighted by molar-refractivity contribution is 5.95. The minimum absolute atomic E-state index is 0.687. The van der Waals surface area contributed by atoms with Gasteiger partial charge in [-0.25, -0.2) is 4.98 Å². The van der Waals surface area contributed by atoms with Crippen LogP contribution < -0.4 is 5.32 Å². The molecule has 5 aromatic heterocycles. The second-order valence-electron chi connectivity index (χ2n) is 6.70. The molecule has 0 radical (unpaired) electrons. The highest BCUT2D eigenvalue weighted by Gasteiger charge is 2.13. The van der Waals surface area contributed by atoms with Gasteiger partial charge in [0.1, 0.15) is 0 Å². The molecule has 0 aromatic carbocycles. The van der Waals surface area contributed by atoms with Gasteiger partial charge in [0.05, 0.1) is 11.4 Å². The number of aromatic amines is 2. The van der Waals surface area contributed by atoms with Crippen molar-refractivity contribution < 1.29 is 0 Å². The van der Waals surface area contributed by atoms with Crippen LogP contribution in [0, 0.1) is 0 Å². The summed E-state index contributed by atoms with van der Waals surface area (Å²) in [4.78, 5) is 16.5. The van der Waals surface area contributed by atoms with Gasteiger partial charge in [-0.2, -0.15) is 5.10 Å². The number of H-pyrrole nitrogens is 2. The van der Waals surface area contributed by atoms with Gasteiger partial charge in [0.15, 0.2) is 5.65 Å². The monoisotopic (exact) mass is 369 g/mol. The third-order valence-electron chi connectivity index (χ3n) is 4.81. The Morgan fingerprint density at radius 3 is 2.82 bits per heavy atom. The molecule has 0 fully saturated rings. The largest absolute Gasteiger partial charge is 0.353 e. The maximum absolute atomic E-state index is 4.54. The van der Waals surface area contributed by atoms with Crippen molar-refractivity contribution in [1.29, 1.82) is 0 Å². The molecular weight excluding hydrogens is 350 g/mol. The molecule has 28 heavy (non-hydrogen) atoms. The molecule has 0 saturated carbocycles. The van der Waals surface area contributed by atoms with Crippen LogP contribution in [-0.2, 0) is 6.54 Å². The lowest BCUT2D eigenvalue weighted by Gasteiger charge is -2.05. The van der Waals surface area contributed by atoms with E-state index in [1.807, 2.05) is 30.9 Å². The van der Waals surface area contributed by atoms with Crippen LogP contribution in [0.1, 0.15) is 12.5 Å². The number of pyridine rings is 3. The first-order chi connectivity index (χ1) is 13.8. The van der Waals surface area contributed by atoms with E-state index < -0.39 is 0 Å². The van der Waals surface area contributed by atoms with Crippen LogP contribution >= 0.6 is 0 Å². The number of nitrogens with zero attached hydrogens (tertiary/aromatic N) is 4. The van der Waals surface area contributed by atoms with Crippen molar-refractivity contribution in [1.82, 2.24) is 35.5 Å². The molecular formula is C21H19N7. The van der Waals surface area contributed by atoms with E-state index in [0.29, 0.717) is 5.65 Å². The Kier molecular flexibility index (Phi) is 4.06. The Balaban J connectivity index is 1.58. The summed E-state index contributed by atoms with van der Waals surface area (Å²) in [5, 5.41) is 12.8. The minimum atomic E-state index is 0.687. The summed E-state index contributed by atoms with van der Waals surface area (Å²) in [6, 6.07) is 8.29. The third-order valence-corrected chi connectivity index (χ3v) is 4.81. The van der Waals surface area contributed by atoms with Gasteiger partial charge in [0.2, 0.25) is 0 Å². The molecule has 3 N–H and O–H groups in total. The lowest BCUT2D eigenvalue weighted by molar-refractivity contribution is 0.724. The number of nitrogens with one attached hydrogen (secondary N) is 3. The van der Waals surface area contributed by atoms with Crippen molar-refractivity contribution in [3.05, 3.63) is 60.8 Å². The van der Waals surface area contributed by atoms with Gasteiger partial charge in [-0.05, 0) is 36.4 Å². The molecule has 0 aliphatic carbocycles. The standard InChI is InChI=1S/C21H19N7/c1-2-22-8-13-5-14(10-24-9-13)15-6-17-20(27-28-21(17)25-12-15)19-7-16-11-23-4-3-18(16)26-19/h3-7,9-12,22,26H,2,8H2,1H3,(H,25,27,28). The molecule has 5 rings (SSSR count). The second-order valence-corrected chi connectivity index (χ2v) is 6.70. The molecule has 0 saturated heterocycles. The van der Waals surface area contributed by atoms with E-state index in [0.717, 1.165) is 57.5 Å². The van der Waals surface area contributed by atoms with Crippen LogP contribution in [0.2, 0.25) is 0 Å². The first kappa shape index (κ1) is 16.6. The molecule has 5 heterocycles. The summed E-state index contributed by atoms with van der Waals surface area (Å²) in [7, 11) is 0. The van der Waals surface area contributed by atoms with Crippen LogP contribution in [0.5, 0.6) is 0 Å². The van der Waals surface area contributed by atoms with Crippen LogP contribution in [0.3, 0.4) is 0 Å². The Morgan fingerprint density at radius 1 is 1.00 bits per heavy atom. The molecule has 0 bridgehead atoms. The highest BCUT2D eigenvalue weighted by Crippen LogP contribution is 2.30. The summed E-state index contributed by atoms with van der Waals surface area (Å²) in [6.07, 6.45) is 9.22. The van der Waals surface area contributed by atoms with E-state index in [4.69, 9.17) is 0 Å². The third kappa shape index (κ3) is 2.91. The first-order valence-electron chi connectivity index (χ1n) is 9.24. The van der Waals surface area contributed by atoms with Gasteiger partial charge in [0.25, 0.3) is 0 Å². The SMILES string of the molecule is CCNCc1cncc(-c2cnc3n[nH]c(-c4cc5cnccc5[nH]4)c3c2)c1. The van der Waals surface area contributed by atoms with Crippen molar-refractivity contribution in [2.45, 2.75) is 13.5 Å². The normalized spacial score (nSPS) is 11.5. The van der Waals surface area contributed by atoms with E-state index in [9.17, 15) is 0 Å². The lowest BCUT2D eigenvalue weighted by Crippen LogP contribution is -2.11. The van der Waals surface area contributed by atoms with Gasteiger partial charge in [-0.1, -0.05) is 6.92 Å². The zero-order chi connectivity index (χ0) is 18.9. The zero-order valence-corrected chi connectivity index (χ0v) is 15.4. The van der Waals surface area contributed by atoms with Crippen molar-refractivity contribution in [2.24, 2.45) is 0 Å². The Morgan fingerprint density at radius 2 is 1.93 bits per heavy atom. The molecule has 0 atom stereocenters. The van der Waals surface area contributed by atoms with Crippen molar-refractivity contribution >= 4 is 21.9 Å². The average Bonchev–Trinajstić information content (AvgIpc) is 3.35. The van der Waals surface area contributed by atoms with Gasteiger partial charge in [-0.3, -0.25) is 15.1 Å². The smallest absolute Gasteiger partial charge is 0.181 e. The molecule has 0 unspecified atom stereocenters. The first-order valence-corrected chi connectivity index (χ1v) is 9.24. The maximum atomic E-state index is 4.54. The van der Waals surface area contributed by atoms with E-state index in [2.05, 4.69) is 60.6 Å². The number of aromatic nitrogens is 6. The number of rotatable bonds is 5. The molecule has 0 spiro atoms. The van der Waals surface area contributed by atoms with Crippen LogP contribution in [0.15, 0.2) is 55.2 Å². The number of hydrogen-bond donors (Lipinski definition) is 3. The quantitative estimate of drug-likeness (QED) is 0.439. The van der Waals surface area contributed by atoms with Crippen molar-refractivity contribution in [3.8, 4) is 22.5 Å². The Labute approximate surface area is 161 Å². The Bertz CT molecular complexity index is 1240. The summed E-state index contributed by atoms with van der Waals surface area (Å²) in [5.74, 6) is 0. The topological polar surface area (TPSA) is 95.2 Å². The molecule has 7 heteroatoms. The molecule has 0 aliphatic rings. The summed E-state index contributed by atoms with van der Waals surface area (Å²) in [6.45, 7) is 3.82. The molecule has 7 nitrogen and oxygen atoms in total. The fourth-order valence-corrected chi connectivity index (χ4v) is 3.38. The van der Waals surface area contributed by atoms with Crippen molar-refractivity contribution in [3.63, 3.8) is 0 Å². The van der Waals surface area contributed by atoms with Crippen LogP contribution in [-0.4, -0.2) is 36.7 Å². The van der Waals surface area contributed by atoms with Crippen LogP contribution in [0.25, 0.3) is 44.5 Å². The fraction of sp³-hybridized carbons (Fsp3) is 0.143. The Hall–Kier alpha value is -3.58. The molecule has 138 valence electrons. The van der Waals surface area contributed by atoms with Gasteiger partial charge >= 0.3 is 0 Å². The van der Waals surface area contributed by atoms with Crippen molar-refractivity contribution in [2.75, 3.05) is 6.54 Å². The molecule has 5 aromatic rings. The zero-order valence-electron chi connectivity index (χ0n) is 15.4. The highest BCUT2D eigenvalue weighted by atomic mass is 15.2. The van der Waals surface area contributed by atoms with Gasteiger partial charge in [0, 0.05) is 64.9 Å². The van der Waals surface area contributed by atoms with E-state index in [1.54, 1.807) is 6.20 Å². The average molecular weight is 369 g/mol. The summed E-state index contributed by atoms with van der Waals surface area (Å²) < 4.78 is 0. The number of hydrogen-bond acceptors (Lipinski definition) is 5. The van der Waals surface area contributed by atoms with E-state index in [-0.39, 0.29) is 0 Å². The summed E-state index contributed by atoms with van der Waals surface area (Å²) >= 11 is 0. The van der Waals surface area contributed by atoms with Gasteiger partial charge in [-0.15, -0.1) is 0 Å². The lowest BCUT2D eigenvalue weighted by atomic mass is 10.1. The van der Waals surface area contributed by atoms with Crippen LogP contribution in [0.4, 0.5) is 0 Å². The predicted octanol–water partition coefficient (Wildman–Crippen LogP) is 3.67. The predicted molar refractivity (Wildman–Crippen MR) is 110 cm³/mol.